The molecule has 0 amide bonds. The number of benzene rings is 10. The average molecular weight is 1110 g/mol. The van der Waals surface area contributed by atoms with E-state index in [0.717, 1.165) is 78.6 Å². The molecule has 0 bridgehead atoms. The molecule has 420 valence electrons. The Kier molecular flexibility index (Phi) is 15.9. The molecule has 0 spiro atoms. The summed E-state index contributed by atoms with van der Waals surface area (Å²) in [4.78, 5) is 5.09. The molecule has 0 fully saturated rings. The second-order valence-electron chi connectivity index (χ2n) is 27.7. The van der Waals surface area contributed by atoms with Crippen LogP contribution in [0.4, 0.5) is 34.1 Å². The fourth-order valence-electron chi connectivity index (χ4n) is 11.6. The summed E-state index contributed by atoms with van der Waals surface area (Å²) in [5.41, 5.74) is 23.3. The van der Waals surface area contributed by atoms with Crippen molar-refractivity contribution >= 4 is 45.7 Å². The zero-order valence-corrected chi connectivity index (χ0v) is 52.5. The summed E-state index contributed by atoms with van der Waals surface area (Å²) in [5.74, 6) is 0. The Labute approximate surface area is 502 Å². The Bertz CT molecular complexity index is 3790. The van der Waals surface area contributed by atoms with Gasteiger partial charge in [0.1, 0.15) is 0 Å². The molecular weight excluding hydrogens is 1020 g/mol. The normalized spacial score (nSPS) is 12.3. The van der Waals surface area contributed by atoms with Gasteiger partial charge in [-0.05, 0) is 161 Å². The number of rotatable bonds is 11. The SMILES string of the molecule is CC(C)(C)c1cc(N(c2cccc(Cl)c2)c2c(-c3ccccc3)cc(C(C)(C)C)cc2-c2ccccc2)cc(N(c2ccc(-c3ccccc3C(C)(C)C)c(C(C)(C)C)c2)c2c(-c3ccccc3)cc(C(C)(C)C)cc2-c2ccccc2)c1. The van der Waals surface area contributed by atoms with Crippen molar-refractivity contribution in [2.24, 2.45) is 0 Å². The number of anilines is 6. The predicted octanol–water partition coefficient (Wildman–Crippen LogP) is 24.1. The lowest BCUT2D eigenvalue weighted by molar-refractivity contribution is 0.585. The molecule has 0 atom stereocenters. The van der Waals surface area contributed by atoms with E-state index in [0.29, 0.717) is 5.02 Å². The lowest BCUT2D eigenvalue weighted by Crippen LogP contribution is -2.21. The largest absolute Gasteiger partial charge is 0.309 e. The van der Waals surface area contributed by atoms with E-state index in [1.165, 1.54) is 38.9 Å². The van der Waals surface area contributed by atoms with Gasteiger partial charge in [-0.15, -0.1) is 0 Å². The predicted molar refractivity (Wildman–Crippen MR) is 361 cm³/mol. The van der Waals surface area contributed by atoms with Gasteiger partial charge in [-0.1, -0.05) is 273 Å². The van der Waals surface area contributed by atoms with E-state index in [4.69, 9.17) is 11.6 Å². The Hall–Kier alpha value is -7.91. The van der Waals surface area contributed by atoms with Crippen LogP contribution in [0.5, 0.6) is 0 Å². The van der Waals surface area contributed by atoms with Gasteiger partial charge in [-0.2, -0.15) is 0 Å². The van der Waals surface area contributed by atoms with E-state index in [2.05, 4.69) is 338 Å². The third-order valence-electron chi connectivity index (χ3n) is 16.2. The van der Waals surface area contributed by atoms with Crippen LogP contribution in [-0.2, 0) is 27.1 Å². The van der Waals surface area contributed by atoms with Crippen molar-refractivity contribution in [2.45, 2.75) is 131 Å². The number of hydrogen-bond acceptors (Lipinski definition) is 2. The molecule has 83 heavy (non-hydrogen) atoms. The molecule has 0 saturated carbocycles. The molecule has 0 radical (unpaired) electrons. The summed E-state index contributed by atoms with van der Waals surface area (Å²) in [5, 5.41) is 0.664. The molecule has 3 heteroatoms. The van der Waals surface area contributed by atoms with Crippen LogP contribution in [0.15, 0.2) is 231 Å². The topological polar surface area (TPSA) is 6.48 Å². The van der Waals surface area contributed by atoms with Crippen LogP contribution in [-0.4, -0.2) is 0 Å². The van der Waals surface area contributed by atoms with Gasteiger partial charge in [0, 0.05) is 50.0 Å². The summed E-state index contributed by atoms with van der Waals surface area (Å²) in [6, 6.07) is 85.7. The highest BCUT2D eigenvalue weighted by atomic mass is 35.5. The first-order chi connectivity index (χ1) is 39.3. The van der Waals surface area contributed by atoms with E-state index in [9.17, 15) is 0 Å². The quantitative estimate of drug-likeness (QED) is 0.127. The highest BCUT2D eigenvalue weighted by molar-refractivity contribution is 6.31. The van der Waals surface area contributed by atoms with Crippen LogP contribution >= 0.6 is 11.6 Å². The van der Waals surface area contributed by atoms with E-state index >= 15 is 0 Å². The molecule has 0 aliphatic rings. The first kappa shape index (κ1) is 58.3. The van der Waals surface area contributed by atoms with Crippen LogP contribution in [0.25, 0.3) is 55.6 Å². The van der Waals surface area contributed by atoms with Crippen molar-refractivity contribution in [1.82, 2.24) is 0 Å². The maximum atomic E-state index is 7.21. The van der Waals surface area contributed by atoms with Gasteiger partial charge < -0.3 is 9.80 Å². The highest BCUT2D eigenvalue weighted by Gasteiger charge is 2.33. The molecule has 10 aromatic rings. The van der Waals surface area contributed by atoms with Crippen molar-refractivity contribution < 1.29 is 0 Å². The van der Waals surface area contributed by atoms with Gasteiger partial charge in [-0.25, -0.2) is 0 Å². The number of nitrogens with zero attached hydrogens (tertiary/aromatic N) is 2. The molecule has 0 aliphatic heterocycles. The van der Waals surface area contributed by atoms with Crippen molar-refractivity contribution in [2.75, 3.05) is 9.80 Å². The summed E-state index contributed by atoms with van der Waals surface area (Å²) >= 11 is 7.21. The summed E-state index contributed by atoms with van der Waals surface area (Å²) in [6.45, 7) is 35.0. The fraction of sp³-hybridized carbons (Fsp3) is 0.250. The molecule has 0 saturated heterocycles. The molecular formula is C80H83ClN2. The van der Waals surface area contributed by atoms with Crippen LogP contribution in [0.3, 0.4) is 0 Å². The van der Waals surface area contributed by atoms with Gasteiger partial charge in [0.05, 0.1) is 11.4 Å². The molecule has 0 N–H and O–H groups in total. The average Bonchev–Trinajstić information content (AvgIpc) is 3.31. The number of hydrogen-bond donors (Lipinski definition) is 0. The maximum Gasteiger partial charge on any atom is 0.0618 e. The molecule has 0 heterocycles. The highest BCUT2D eigenvalue weighted by Crippen LogP contribution is 2.54. The fourth-order valence-corrected chi connectivity index (χ4v) is 11.8. The van der Waals surface area contributed by atoms with Gasteiger partial charge >= 0.3 is 0 Å². The second kappa shape index (κ2) is 22.7. The lowest BCUT2D eigenvalue weighted by Gasteiger charge is -2.37. The van der Waals surface area contributed by atoms with Crippen molar-refractivity contribution in [1.29, 1.82) is 0 Å². The molecule has 0 aromatic heterocycles. The second-order valence-corrected chi connectivity index (χ2v) is 28.2. The third kappa shape index (κ3) is 12.4. The summed E-state index contributed by atoms with van der Waals surface area (Å²) in [6.07, 6.45) is 0. The zero-order valence-electron chi connectivity index (χ0n) is 51.7. The minimum atomic E-state index is -0.297. The van der Waals surface area contributed by atoms with E-state index in [1.807, 2.05) is 6.07 Å². The lowest BCUT2D eigenvalue weighted by atomic mass is 9.76. The first-order valence-corrected chi connectivity index (χ1v) is 30.0. The molecule has 0 aliphatic carbocycles. The van der Waals surface area contributed by atoms with Gasteiger partial charge in [0.25, 0.3) is 0 Å². The third-order valence-corrected chi connectivity index (χ3v) is 16.4. The number of halogens is 1. The Balaban J connectivity index is 1.41. The summed E-state index contributed by atoms with van der Waals surface area (Å²) < 4.78 is 0. The van der Waals surface area contributed by atoms with Crippen LogP contribution in [0, 0.1) is 0 Å². The maximum absolute atomic E-state index is 7.21. The Morgan fingerprint density at radius 3 is 0.940 bits per heavy atom. The van der Waals surface area contributed by atoms with E-state index in [1.54, 1.807) is 0 Å². The minimum Gasteiger partial charge on any atom is -0.309 e. The van der Waals surface area contributed by atoms with E-state index < -0.39 is 0 Å². The monoisotopic (exact) mass is 1110 g/mol. The van der Waals surface area contributed by atoms with Gasteiger partial charge in [0.2, 0.25) is 0 Å². The van der Waals surface area contributed by atoms with Crippen LogP contribution in [0.2, 0.25) is 5.02 Å². The summed E-state index contributed by atoms with van der Waals surface area (Å²) in [7, 11) is 0. The van der Waals surface area contributed by atoms with E-state index in [-0.39, 0.29) is 27.1 Å². The van der Waals surface area contributed by atoms with Crippen LogP contribution in [0.1, 0.15) is 132 Å². The molecule has 10 aromatic carbocycles. The molecule has 0 unspecified atom stereocenters. The molecule has 2 nitrogen and oxygen atoms in total. The standard InChI is InChI=1S/C80H83ClN2/c1-76(2,3)58-45-64(82(62-40-30-39-61(81)51-62)74-68(54-31-20-16-21-32-54)47-59(77(4,5)6)48-69(74)55-33-22-17-23-34-55)52-65(46-58)83(63-43-44-67(73(53-63)80(13,14)15)66-41-28-29-42-72(66)79(10,11)12)75-70(56-35-24-18-25-36-56)49-60(78(7,8)9)50-71(75)57-37-26-19-27-38-57/h16-53H,1-15H3. The van der Waals surface area contributed by atoms with Crippen molar-refractivity contribution in [3.8, 4) is 55.6 Å². The van der Waals surface area contributed by atoms with Crippen LogP contribution < -0.4 is 9.80 Å². The minimum absolute atomic E-state index is 0.0765. The van der Waals surface area contributed by atoms with Gasteiger partial charge in [0.15, 0.2) is 0 Å². The van der Waals surface area contributed by atoms with Crippen molar-refractivity contribution in [3.05, 3.63) is 263 Å². The smallest absolute Gasteiger partial charge is 0.0618 e. The van der Waals surface area contributed by atoms with Crippen molar-refractivity contribution in [3.63, 3.8) is 0 Å². The Morgan fingerprint density at radius 1 is 0.241 bits per heavy atom. The first-order valence-electron chi connectivity index (χ1n) is 29.6. The Morgan fingerprint density at radius 2 is 0.578 bits per heavy atom. The zero-order chi connectivity index (χ0) is 59.2. The molecule has 10 rings (SSSR count). The van der Waals surface area contributed by atoms with Gasteiger partial charge in [-0.3, -0.25) is 0 Å².